The maximum absolute atomic E-state index is 12.1. The van der Waals surface area contributed by atoms with E-state index in [4.69, 9.17) is 10.5 Å². The number of anilines is 1. The zero-order chi connectivity index (χ0) is 14.8. The molecular formula is C15H17N3O2S. The fourth-order valence-electron chi connectivity index (χ4n) is 2.33. The van der Waals surface area contributed by atoms with Crippen molar-refractivity contribution >= 4 is 32.6 Å². The van der Waals surface area contributed by atoms with Crippen molar-refractivity contribution in [3.8, 4) is 5.75 Å². The first kappa shape index (κ1) is 14.0. The van der Waals surface area contributed by atoms with Crippen molar-refractivity contribution in [3.05, 3.63) is 30.4 Å². The van der Waals surface area contributed by atoms with Gasteiger partial charge >= 0.3 is 0 Å². The van der Waals surface area contributed by atoms with Gasteiger partial charge in [0.2, 0.25) is 5.91 Å². The van der Waals surface area contributed by atoms with Gasteiger partial charge in [-0.3, -0.25) is 4.79 Å². The largest absolute Gasteiger partial charge is 0.494 e. The van der Waals surface area contributed by atoms with Crippen LogP contribution in [0.2, 0.25) is 0 Å². The highest BCUT2D eigenvalue weighted by Gasteiger charge is 2.23. The molecule has 0 bridgehead atoms. The van der Waals surface area contributed by atoms with Gasteiger partial charge in [0.05, 0.1) is 22.7 Å². The third-order valence-electron chi connectivity index (χ3n) is 3.35. The van der Waals surface area contributed by atoms with Crippen LogP contribution in [0.1, 0.15) is 13.3 Å². The summed E-state index contributed by atoms with van der Waals surface area (Å²) in [5, 5.41) is 3.47. The van der Waals surface area contributed by atoms with Gasteiger partial charge in [-0.1, -0.05) is 23.5 Å². The Kier molecular flexibility index (Phi) is 3.90. The van der Waals surface area contributed by atoms with Gasteiger partial charge in [0, 0.05) is 6.04 Å². The second-order valence-electron chi connectivity index (χ2n) is 4.96. The van der Waals surface area contributed by atoms with Crippen LogP contribution in [-0.2, 0) is 4.79 Å². The maximum atomic E-state index is 12.1. The molecule has 2 unspecified atom stereocenters. The molecule has 0 fully saturated rings. The summed E-state index contributed by atoms with van der Waals surface area (Å²) in [5.41, 5.74) is 6.63. The summed E-state index contributed by atoms with van der Waals surface area (Å²) < 4.78 is 6.46. The summed E-state index contributed by atoms with van der Waals surface area (Å²) >= 11 is 1.45. The molecule has 1 aliphatic rings. The third-order valence-corrected chi connectivity index (χ3v) is 4.29. The van der Waals surface area contributed by atoms with Gasteiger partial charge in [-0.05, 0) is 31.5 Å². The zero-order valence-electron chi connectivity index (χ0n) is 11.7. The molecule has 1 aliphatic carbocycles. The van der Waals surface area contributed by atoms with Crippen LogP contribution in [0.4, 0.5) is 5.13 Å². The number of nitrogens with two attached hydrogens (primary N) is 1. The Morgan fingerprint density at radius 3 is 3.10 bits per heavy atom. The van der Waals surface area contributed by atoms with Crippen LogP contribution >= 0.6 is 11.3 Å². The smallest absolute Gasteiger partial charge is 0.233 e. The van der Waals surface area contributed by atoms with E-state index in [-0.39, 0.29) is 17.9 Å². The SMILES string of the molecule is CCOc1ccc2nc(NC(=O)C3C=CC(N)C3)sc2c1. The number of amides is 1. The van der Waals surface area contributed by atoms with Gasteiger partial charge in [0.25, 0.3) is 0 Å². The second-order valence-corrected chi connectivity index (χ2v) is 5.99. The number of nitrogens with one attached hydrogen (secondary N) is 1. The normalized spacial score (nSPS) is 20.9. The van der Waals surface area contributed by atoms with Gasteiger partial charge in [0.15, 0.2) is 5.13 Å². The number of rotatable bonds is 4. The number of hydrogen-bond donors (Lipinski definition) is 2. The van der Waals surface area contributed by atoms with Crippen LogP contribution in [0, 0.1) is 5.92 Å². The molecular weight excluding hydrogens is 286 g/mol. The zero-order valence-corrected chi connectivity index (χ0v) is 12.5. The first-order chi connectivity index (χ1) is 10.2. The molecule has 1 amide bonds. The Hall–Kier alpha value is -1.92. The van der Waals surface area contributed by atoms with E-state index in [0.29, 0.717) is 18.2 Å². The van der Waals surface area contributed by atoms with Crippen molar-refractivity contribution in [2.75, 3.05) is 11.9 Å². The Morgan fingerprint density at radius 1 is 1.52 bits per heavy atom. The predicted octanol–water partition coefficient (Wildman–Crippen LogP) is 2.54. The lowest BCUT2D eigenvalue weighted by Crippen LogP contribution is -2.23. The molecule has 1 aromatic heterocycles. The first-order valence-corrected chi connectivity index (χ1v) is 7.75. The Bertz CT molecular complexity index is 695. The number of ether oxygens (including phenoxy) is 1. The molecule has 110 valence electrons. The van der Waals surface area contributed by atoms with E-state index in [1.807, 2.05) is 37.3 Å². The highest BCUT2D eigenvalue weighted by molar-refractivity contribution is 7.22. The number of benzene rings is 1. The van der Waals surface area contributed by atoms with E-state index in [1.165, 1.54) is 11.3 Å². The van der Waals surface area contributed by atoms with Gasteiger partial charge in [-0.25, -0.2) is 4.98 Å². The summed E-state index contributed by atoms with van der Waals surface area (Å²) in [6.07, 6.45) is 4.39. The molecule has 1 aromatic carbocycles. The van der Waals surface area contributed by atoms with E-state index in [0.717, 1.165) is 16.0 Å². The van der Waals surface area contributed by atoms with E-state index >= 15 is 0 Å². The number of carbonyl (C=O) groups excluding carboxylic acids is 1. The van der Waals surface area contributed by atoms with Gasteiger partial charge < -0.3 is 15.8 Å². The Labute approximate surface area is 126 Å². The molecule has 1 heterocycles. The molecule has 3 rings (SSSR count). The van der Waals surface area contributed by atoms with Crippen LogP contribution in [0.25, 0.3) is 10.2 Å². The van der Waals surface area contributed by atoms with Gasteiger partial charge in [-0.2, -0.15) is 0 Å². The summed E-state index contributed by atoms with van der Waals surface area (Å²) in [7, 11) is 0. The third kappa shape index (κ3) is 3.06. The van der Waals surface area contributed by atoms with Crippen molar-refractivity contribution in [2.45, 2.75) is 19.4 Å². The number of hydrogen-bond acceptors (Lipinski definition) is 5. The van der Waals surface area contributed by atoms with Crippen LogP contribution < -0.4 is 15.8 Å². The van der Waals surface area contributed by atoms with Crippen molar-refractivity contribution in [3.63, 3.8) is 0 Å². The summed E-state index contributed by atoms with van der Waals surface area (Å²) in [6, 6.07) is 5.70. The van der Waals surface area contributed by atoms with Crippen molar-refractivity contribution in [2.24, 2.45) is 11.7 Å². The summed E-state index contributed by atoms with van der Waals surface area (Å²) in [5.74, 6) is 0.602. The summed E-state index contributed by atoms with van der Waals surface area (Å²) in [6.45, 7) is 2.57. The molecule has 0 saturated heterocycles. The maximum Gasteiger partial charge on any atom is 0.233 e. The van der Waals surface area contributed by atoms with E-state index in [1.54, 1.807) is 0 Å². The molecule has 5 nitrogen and oxygen atoms in total. The van der Waals surface area contributed by atoms with E-state index in [9.17, 15) is 4.79 Å². The highest BCUT2D eigenvalue weighted by atomic mass is 32.1. The van der Waals surface area contributed by atoms with Crippen LogP contribution in [0.15, 0.2) is 30.4 Å². The van der Waals surface area contributed by atoms with Crippen LogP contribution in [0.3, 0.4) is 0 Å². The minimum absolute atomic E-state index is 0.0233. The van der Waals surface area contributed by atoms with E-state index in [2.05, 4.69) is 10.3 Å². The van der Waals surface area contributed by atoms with Gasteiger partial charge in [-0.15, -0.1) is 0 Å². The monoisotopic (exact) mass is 303 g/mol. The lowest BCUT2D eigenvalue weighted by Gasteiger charge is -2.07. The predicted molar refractivity (Wildman–Crippen MR) is 84.6 cm³/mol. The van der Waals surface area contributed by atoms with Crippen molar-refractivity contribution in [1.82, 2.24) is 4.98 Å². The number of thiazole rings is 1. The number of fused-ring (bicyclic) bond motifs is 1. The lowest BCUT2D eigenvalue weighted by molar-refractivity contribution is -0.118. The highest BCUT2D eigenvalue weighted by Crippen LogP contribution is 2.30. The standard InChI is InChI=1S/C15H17N3O2S/c1-2-20-11-5-6-12-13(8-11)21-15(17-12)18-14(19)9-3-4-10(16)7-9/h3-6,8-10H,2,7,16H2,1H3,(H,17,18,19). The minimum atomic E-state index is -0.161. The fourth-order valence-corrected chi connectivity index (χ4v) is 3.23. The molecule has 0 radical (unpaired) electrons. The molecule has 0 saturated carbocycles. The van der Waals surface area contributed by atoms with Crippen LogP contribution in [-0.4, -0.2) is 23.5 Å². The second kappa shape index (κ2) is 5.83. The topological polar surface area (TPSA) is 77.2 Å². The van der Waals surface area contributed by atoms with Crippen LogP contribution in [0.5, 0.6) is 5.75 Å². The first-order valence-electron chi connectivity index (χ1n) is 6.94. The number of aromatic nitrogens is 1. The molecule has 2 atom stereocenters. The quantitative estimate of drug-likeness (QED) is 0.851. The summed E-state index contributed by atoms with van der Waals surface area (Å²) in [4.78, 5) is 16.6. The molecule has 21 heavy (non-hydrogen) atoms. The molecule has 3 N–H and O–H groups in total. The Balaban J connectivity index is 1.75. The average molecular weight is 303 g/mol. The van der Waals surface area contributed by atoms with E-state index < -0.39 is 0 Å². The van der Waals surface area contributed by atoms with Gasteiger partial charge in [0.1, 0.15) is 5.75 Å². The number of nitrogens with zero attached hydrogens (tertiary/aromatic N) is 1. The molecule has 6 heteroatoms. The average Bonchev–Trinajstić information content (AvgIpc) is 3.04. The van der Waals surface area contributed by atoms with Crippen molar-refractivity contribution < 1.29 is 9.53 Å². The van der Waals surface area contributed by atoms with Crippen molar-refractivity contribution in [1.29, 1.82) is 0 Å². The Morgan fingerprint density at radius 2 is 2.38 bits per heavy atom. The molecule has 2 aromatic rings. The minimum Gasteiger partial charge on any atom is -0.494 e. The molecule has 0 spiro atoms. The number of carbonyl (C=O) groups is 1. The fraction of sp³-hybridized carbons (Fsp3) is 0.333. The lowest BCUT2D eigenvalue weighted by atomic mass is 10.1. The molecule has 0 aliphatic heterocycles.